The van der Waals surface area contributed by atoms with Gasteiger partial charge in [-0.2, -0.15) is 0 Å². The van der Waals surface area contributed by atoms with Gasteiger partial charge in [0.25, 0.3) is 0 Å². The Morgan fingerprint density at radius 1 is 0.808 bits per heavy atom. The van der Waals surface area contributed by atoms with Crippen molar-refractivity contribution >= 4 is 11.4 Å². The highest BCUT2D eigenvalue weighted by Gasteiger charge is 2.59. The first-order chi connectivity index (χ1) is 12.6. The van der Waals surface area contributed by atoms with Crippen molar-refractivity contribution in [3.63, 3.8) is 0 Å². The van der Waals surface area contributed by atoms with Crippen LogP contribution in [0.3, 0.4) is 0 Å². The van der Waals surface area contributed by atoms with Gasteiger partial charge in [0.15, 0.2) is 0 Å². The fraction of sp³-hybridized carbons (Fsp3) is 0.520. The molecule has 1 aliphatic heterocycles. The number of rotatable bonds is 1. The van der Waals surface area contributed by atoms with E-state index in [1.165, 1.54) is 37.1 Å². The molecule has 0 saturated heterocycles. The summed E-state index contributed by atoms with van der Waals surface area (Å²) in [7, 11) is 0. The van der Waals surface area contributed by atoms with Gasteiger partial charge in [-0.05, 0) is 80.0 Å². The molecule has 0 N–H and O–H groups in total. The second-order valence-electron chi connectivity index (χ2n) is 9.34. The Bertz CT molecular complexity index is 793. The number of anilines is 2. The van der Waals surface area contributed by atoms with Crippen LogP contribution in [0, 0.1) is 23.7 Å². The Morgan fingerprint density at radius 3 is 2.35 bits per heavy atom. The van der Waals surface area contributed by atoms with E-state index in [0.29, 0.717) is 11.5 Å². The predicted octanol–water partition coefficient (Wildman–Crippen LogP) is 6.56. The van der Waals surface area contributed by atoms with Crippen molar-refractivity contribution in [3.8, 4) is 0 Å². The highest BCUT2D eigenvalue weighted by atomic mass is 15.2. The first-order valence-corrected chi connectivity index (χ1v) is 10.6. The van der Waals surface area contributed by atoms with Gasteiger partial charge in [-0.3, -0.25) is 0 Å². The van der Waals surface area contributed by atoms with Crippen molar-refractivity contribution in [1.29, 1.82) is 0 Å². The Kier molecular flexibility index (Phi) is 3.71. The molecule has 0 aromatic heterocycles. The summed E-state index contributed by atoms with van der Waals surface area (Å²) in [5.41, 5.74) is 4.73. The highest BCUT2D eigenvalue weighted by Crippen LogP contribution is 2.63. The number of para-hydroxylation sites is 2. The van der Waals surface area contributed by atoms with Crippen LogP contribution >= 0.6 is 0 Å². The van der Waals surface area contributed by atoms with Crippen molar-refractivity contribution in [2.24, 2.45) is 23.7 Å². The quantitative estimate of drug-likeness (QED) is 0.566. The third kappa shape index (κ3) is 2.09. The first kappa shape index (κ1) is 16.4. The fourth-order valence-corrected chi connectivity index (χ4v) is 7.31. The highest BCUT2D eigenvalue weighted by molar-refractivity contribution is 5.74. The molecule has 2 bridgehead atoms. The van der Waals surface area contributed by atoms with Crippen LogP contribution in [-0.2, 0) is 5.41 Å². The summed E-state index contributed by atoms with van der Waals surface area (Å²) in [6, 6.07) is 20.9. The van der Waals surface area contributed by atoms with Crippen LogP contribution in [0.4, 0.5) is 11.4 Å². The van der Waals surface area contributed by atoms with Gasteiger partial charge in [-0.25, -0.2) is 0 Å². The molecule has 26 heavy (non-hydrogen) atoms. The molecule has 2 aromatic rings. The summed E-state index contributed by atoms with van der Waals surface area (Å²) >= 11 is 0. The maximum atomic E-state index is 2.64. The van der Waals surface area contributed by atoms with Gasteiger partial charge in [-0.15, -0.1) is 0 Å². The van der Waals surface area contributed by atoms with Gasteiger partial charge in [0, 0.05) is 22.8 Å². The average molecular weight is 346 g/mol. The van der Waals surface area contributed by atoms with Gasteiger partial charge in [0.05, 0.1) is 0 Å². The van der Waals surface area contributed by atoms with Gasteiger partial charge < -0.3 is 4.90 Å². The van der Waals surface area contributed by atoms with Gasteiger partial charge in [0.1, 0.15) is 0 Å². The second-order valence-corrected chi connectivity index (χ2v) is 9.34. The summed E-state index contributed by atoms with van der Waals surface area (Å²) in [6.07, 6.45) is 5.70. The topological polar surface area (TPSA) is 3.24 Å². The van der Waals surface area contributed by atoms with E-state index >= 15 is 0 Å². The molecule has 2 aliphatic carbocycles. The Hall–Kier alpha value is -1.76. The number of nitrogens with zero attached hydrogens (tertiary/aromatic N) is 1. The van der Waals surface area contributed by atoms with E-state index in [-0.39, 0.29) is 0 Å². The smallest absolute Gasteiger partial charge is 0.0452 e. The average Bonchev–Trinajstić information content (AvgIpc) is 2.90. The normalized spacial score (nSPS) is 38.4. The van der Waals surface area contributed by atoms with Gasteiger partial charge >= 0.3 is 0 Å². The third-order valence-electron chi connectivity index (χ3n) is 7.96. The lowest BCUT2D eigenvalue weighted by molar-refractivity contribution is 0.0103. The number of hydrogen-bond donors (Lipinski definition) is 0. The van der Waals surface area contributed by atoms with Crippen molar-refractivity contribution in [3.05, 3.63) is 60.2 Å². The van der Waals surface area contributed by atoms with E-state index in [4.69, 9.17) is 0 Å². The molecule has 0 amide bonds. The van der Waals surface area contributed by atoms with E-state index in [0.717, 1.165) is 23.7 Å². The molecule has 1 nitrogen and oxygen atoms in total. The minimum Gasteiger partial charge on any atom is -0.337 e. The van der Waals surface area contributed by atoms with Crippen molar-refractivity contribution in [2.75, 3.05) is 4.90 Å². The molecule has 3 aliphatic rings. The first-order valence-electron chi connectivity index (χ1n) is 10.6. The molecule has 6 atom stereocenters. The minimum atomic E-state index is 0.303. The molecule has 1 spiro atoms. The zero-order chi connectivity index (χ0) is 17.9. The summed E-state index contributed by atoms with van der Waals surface area (Å²) < 4.78 is 0. The zero-order valence-corrected chi connectivity index (χ0v) is 16.4. The van der Waals surface area contributed by atoms with Crippen LogP contribution in [0.25, 0.3) is 0 Å². The lowest BCUT2D eigenvalue weighted by atomic mass is 9.49. The largest absolute Gasteiger partial charge is 0.337 e. The molecular formula is C25H31N. The van der Waals surface area contributed by atoms with Crippen molar-refractivity contribution < 1.29 is 0 Å². The summed E-state index contributed by atoms with van der Waals surface area (Å²) in [5.74, 6) is 3.41. The van der Waals surface area contributed by atoms with Crippen LogP contribution in [0.2, 0.25) is 0 Å². The lowest BCUT2D eigenvalue weighted by Gasteiger charge is -2.56. The van der Waals surface area contributed by atoms with E-state index in [9.17, 15) is 0 Å². The Morgan fingerprint density at radius 2 is 1.54 bits per heavy atom. The molecule has 2 aromatic carbocycles. The molecule has 2 saturated carbocycles. The van der Waals surface area contributed by atoms with Crippen LogP contribution in [0.1, 0.15) is 52.0 Å². The minimum absolute atomic E-state index is 0.303. The third-order valence-corrected chi connectivity index (χ3v) is 7.96. The summed E-state index contributed by atoms with van der Waals surface area (Å²) in [6.45, 7) is 7.54. The van der Waals surface area contributed by atoms with Gasteiger partial charge in [-0.1, -0.05) is 50.2 Å². The lowest BCUT2D eigenvalue weighted by Crippen LogP contribution is -2.56. The molecule has 136 valence electrons. The standard InChI is InChI=1S/C25H31N/c1-17-13-20-15-18(2)25(21(14-17)16-20)19(3)26(22-9-5-4-6-10-22)24-12-8-7-11-23(24)25/h4-12,17-21H,13-16H2,1-3H3. The van der Waals surface area contributed by atoms with Crippen LogP contribution in [0.15, 0.2) is 54.6 Å². The number of fused-ring (bicyclic) bond motifs is 5. The second kappa shape index (κ2) is 5.87. The number of hydrogen-bond acceptors (Lipinski definition) is 1. The molecule has 2 fully saturated rings. The van der Waals surface area contributed by atoms with Gasteiger partial charge in [0.2, 0.25) is 0 Å². The SMILES string of the molecule is CC1CC2CC(C)C3(c4ccccc4N(c4ccccc4)C3C)C(C1)C2. The molecular weight excluding hydrogens is 314 g/mol. The van der Waals surface area contributed by atoms with Crippen LogP contribution in [0.5, 0.6) is 0 Å². The Balaban J connectivity index is 1.70. The maximum absolute atomic E-state index is 2.64. The molecule has 1 heteroatoms. The van der Waals surface area contributed by atoms with Crippen LogP contribution in [-0.4, -0.2) is 6.04 Å². The fourth-order valence-electron chi connectivity index (χ4n) is 7.31. The monoisotopic (exact) mass is 345 g/mol. The summed E-state index contributed by atoms with van der Waals surface area (Å²) in [5, 5.41) is 0. The predicted molar refractivity (Wildman–Crippen MR) is 110 cm³/mol. The van der Waals surface area contributed by atoms with Crippen molar-refractivity contribution in [1.82, 2.24) is 0 Å². The Labute approximate surface area is 158 Å². The van der Waals surface area contributed by atoms with E-state index in [1.54, 1.807) is 5.56 Å². The number of benzene rings is 2. The zero-order valence-electron chi connectivity index (χ0n) is 16.4. The van der Waals surface area contributed by atoms with E-state index in [2.05, 4.69) is 80.3 Å². The van der Waals surface area contributed by atoms with E-state index in [1.807, 2.05) is 0 Å². The molecule has 6 unspecified atom stereocenters. The van der Waals surface area contributed by atoms with Crippen LogP contribution < -0.4 is 4.90 Å². The molecule has 5 rings (SSSR count). The molecule has 0 radical (unpaired) electrons. The van der Waals surface area contributed by atoms with E-state index < -0.39 is 0 Å². The molecule has 1 heterocycles. The van der Waals surface area contributed by atoms with Crippen molar-refractivity contribution in [2.45, 2.75) is 57.9 Å². The maximum Gasteiger partial charge on any atom is 0.0452 e. The summed E-state index contributed by atoms with van der Waals surface area (Å²) in [4.78, 5) is 2.64.